The number of ether oxygens (including phenoxy) is 1. The second kappa shape index (κ2) is 18.9. The summed E-state index contributed by atoms with van der Waals surface area (Å²) in [7, 11) is -2.61. The first kappa shape index (κ1) is 26.6. The van der Waals surface area contributed by atoms with Gasteiger partial charge in [-0.25, -0.2) is 0 Å². The van der Waals surface area contributed by atoms with Gasteiger partial charge in [-0.3, -0.25) is 4.79 Å². The van der Waals surface area contributed by atoms with E-state index in [9.17, 15) is 4.79 Å². The maximum atomic E-state index is 11.8. The molecule has 0 radical (unpaired) electrons. The molecule has 0 aliphatic carbocycles. The fraction of sp³-hybridized carbons (Fsp3) is 0.952. The number of rotatable bonds is 20. The van der Waals surface area contributed by atoms with E-state index in [0.29, 0.717) is 38.9 Å². The van der Waals surface area contributed by atoms with Crippen LogP contribution in [0.1, 0.15) is 98.3 Å². The lowest BCUT2D eigenvalue weighted by molar-refractivity contribution is -0.143. The number of carbonyl (C=O) groups excluding carboxylic acids is 1. The lowest BCUT2D eigenvalue weighted by atomic mass is 10.1. The number of carbonyl (C=O) groups is 1. The largest absolute Gasteiger partial charge is 0.501 e. The van der Waals surface area contributed by atoms with Crippen LogP contribution < -0.4 is 0 Å². The van der Waals surface area contributed by atoms with Crippen molar-refractivity contribution in [2.24, 2.45) is 0 Å². The highest BCUT2D eigenvalue weighted by molar-refractivity contribution is 6.60. The number of hydrogen-bond donors (Lipinski definition) is 0. The molecule has 0 atom stereocenters. The van der Waals surface area contributed by atoms with Gasteiger partial charge in [0.15, 0.2) is 0 Å². The molecule has 27 heavy (non-hydrogen) atoms. The summed E-state index contributed by atoms with van der Waals surface area (Å²) >= 11 is 0. The Labute approximate surface area is 168 Å². The highest BCUT2D eigenvalue weighted by Gasteiger charge is 2.39. The molecule has 5 nitrogen and oxygen atoms in total. The Morgan fingerprint density at radius 3 is 1.63 bits per heavy atom. The van der Waals surface area contributed by atoms with Crippen LogP contribution in [0.4, 0.5) is 0 Å². The van der Waals surface area contributed by atoms with Gasteiger partial charge in [-0.1, -0.05) is 58.3 Å². The first-order valence-electron chi connectivity index (χ1n) is 11.2. The lowest BCUT2D eigenvalue weighted by Gasteiger charge is -2.28. The highest BCUT2D eigenvalue weighted by atomic mass is 28.4. The maximum absolute atomic E-state index is 11.8. The minimum atomic E-state index is -2.61. The molecule has 0 aromatic rings. The molecular weight excluding hydrogens is 360 g/mol. The van der Waals surface area contributed by atoms with Crippen molar-refractivity contribution in [3.8, 4) is 0 Å². The van der Waals surface area contributed by atoms with Gasteiger partial charge < -0.3 is 18.0 Å². The minimum Gasteiger partial charge on any atom is -0.466 e. The van der Waals surface area contributed by atoms with Gasteiger partial charge in [-0.2, -0.15) is 0 Å². The van der Waals surface area contributed by atoms with Crippen LogP contribution >= 0.6 is 0 Å². The Morgan fingerprint density at radius 2 is 1.15 bits per heavy atom. The van der Waals surface area contributed by atoms with Crippen LogP contribution in [-0.4, -0.2) is 41.2 Å². The molecule has 162 valence electrons. The average Bonchev–Trinajstić information content (AvgIpc) is 2.64. The van der Waals surface area contributed by atoms with Gasteiger partial charge in [-0.15, -0.1) is 0 Å². The monoisotopic (exact) mass is 404 g/mol. The summed E-state index contributed by atoms with van der Waals surface area (Å²) in [6.45, 7) is 10.2. The average molecular weight is 405 g/mol. The van der Waals surface area contributed by atoms with Crippen molar-refractivity contribution in [1.29, 1.82) is 0 Å². The summed E-state index contributed by atoms with van der Waals surface area (Å²) in [5.41, 5.74) is 0. The fourth-order valence-electron chi connectivity index (χ4n) is 3.13. The molecule has 0 aromatic heterocycles. The van der Waals surface area contributed by atoms with E-state index in [1.807, 2.05) is 20.8 Å². The molecule has 0 saturated heterocycles. The van der Waals surface area contributed by atoms with Crippen LogP contribution in [0.5, 0.6) is 0 Å². The Kier molecular flexibility index (Phi) is 18.6. The van der Waals surface area contributed by atoms with Crippen LogP contribution in [0.15, 0.2) is 0 Å². The van der Waals surface area contributed by atoms with E-state index in [1.165, 1.54) is 44.9 Å². The van der Waals surface area contributed by atoms with Crippen molar-refractivity contribution in [2.75, 3.05) is 26.4 Å². The van der Waals surface area contributed by atoms with Gasteiger partial charge in [0.1, 0.15) is 0 Å². The molecule has 0 saturated carbocycles. The van der Waals surface area contributed by atoms with E-state index in [-0.39, 0.29) is 5.97 Å². The summed E-state index contributed by atoms with van der Waals surface area (Å²) in [6, 6.07) is 0.688. The summed E-state index contributed by atoms with van der Waals surface area (Å²) < 4.78 is 22.8. The van der Waals surface area contributed by atoms with E-state index >= 15 is 0 Å². The first-order valence-corrected chi connectivity index (χ1v) is 13.1. The molecule has 0 heterocycles. The second-order valence-electron chi connectivity index (χ2n) is 6.88. The van der Waals surface area contributed by atoms with E-state index in [4.69, 9.17) is 18.0 Å². The fourth-order valence-corrected chi connectivity index (χ4v) is 5.71. The number of hydrogen-bond acceptors (Lipinski definition) is 5. The Bertz CT molecular complexity index is 322. The van der Waals surface area contributed by atoms with E-state index in [2.05, 4.69) is 6.92 Å². The summed E-state index contributed by atoms with van der Waals surface area (Å²) in [5.74, 6) is -0.0885. The lowest BCUT2D eigenvalue weighted by Crippen LogP contribution is -2.46. The molecule has 0 fully saturated rings. The molecule has 0 rings (SSSR count). The highest BCUT2D eigenvalue weighted by Crippen LogP contribution is 2.18. The predicted molar refractivity (Wildman–Crippen MR) is 113 cm³/mol. The third-order valence-electron chi connectivity index (χ3n) is 4.47. The van der Waals surface area contributed by atoms with Crippen molar-refractivity contribution in [1.82, 2.24) is 0 Å². The summed E-state index contributed by atoms with van der Waals surface area (Å²) in [6.07, 6.45) is 12.5. The van der Waals surface area contributed by atoms with Crippen molar-refractivity contribution in [3.05, 3.63) is 0 Å². The third kappa shape index (κ3) is 15.2. The van der Waals surface area contributed by atoms with Crippen molar-refractivity contribution >= 4 is 14.8 Å². The van der Waals surface area contributed by atoms with Crippen molar-refractivity contribution in [2.45, 2.75) is 104 Å². The molecule has 0 aliphatic heterocycles. The zero-order valence-corrected chi connectivity index (χ0v) is 19.4. The molecule has 0 bridgehead atoms. The van der Waals surface area contributed by atoms with Gasteiger partial charge in [-0.05, 0) is 33.6 Å². The zero-order valence-electron chi connectivity index (χ0n) is 18.4. The van der Waals surface area contributed by atoms with Crippen molar-refractivity contribution in [3.63, 3.8) is 0 Å². The minimum absolute atomic E-state index is 0.0885. The molecule has 0 aliphatic rings. The topological polar surface area (TPSA) is 54.0 Å². The van der Waals surface area contributed by atoms with Crippen LogP contribution in [0.2, 0.25) is 6.04 Å². The van der Waals surface area contributed by atoms with Gasteiger partial charge in [0.2, 0.25) is 0 Å². The third-order valence-corrected chi connectivity index (χ3v) is 7.62. The molecule has 0 N–H and O–H groups in total. The predicted octanol–water partition coefficient (Wildman–Crippen LogP) is 5.89. The molecular formula is C21H44O5Si. The Hall–Kier alpha value is -0.433. The molecule has 0 aromatic carbocycles. The second-order valence-corrected chi connectivity index (χ2v) is 9.62. The molecule has 0 unspecified atom stereocenters. The van der Waals surface area contributed by atoms with Gasteiger partial charge in [0.25, 0.3) is 0 Å². The number of esters is 1. The Morgan fingerprint density at radius 1 is 0.667 bits per heavy atom. The standard InChI is InChI=1S/C21H44O5Si/c1-5-9-10-11-12-13-14-15-16-18-21(22)23-19-17-20-27(24-6-2,25-7-3)26-8-4/h5-20H2,1-4H3. The smallest absolute Gasteiger partial charge is 0.466 e. The summed E-state index contributed by atoms with van der Waals surface area (Å²) in [5, 5.41) is 0. The van der Waals surface area contributed by atoms with E-state index < -0.39 is 8.80 Å². The number of unbranched alkanes of at least 4 members (excludes halogenated alkanes) is 8. The molecule has 0 amide bonds. The maximum Gasteiger partial charge on any atom is 0.501 e. The van der Waals surface area contributed by atoms with Gasteiger partial charge >= 0.3 is 14.8 Å². The zero-order chi connectivity index (χ0) is 20.2. The van der Waals surface area contributed by atoms with Gasteiger partial charge in [0, 0.05) is 32.3 Å². The quantitative estimate of drug-likeness (QED) is 0.144. The van der Waals surface area contributed by atoms with E-state index in [0.717, 1.165) is 19.3 Å². The van der Waals surface area contributed by atoms with E-state index in [1.54, 1.807) is 0 Å². The molecule has 0 spiro atoms. The molecule has 6 heteroatoms. The van der Waals surface area contributed by atoms with Crippen LogP contribution in [0.25, 0.3) is 0 Å². The van der Waals surface area contributed by atoms with Crippen molar-refractivity contribution < 1.29 is 22.8 Å². The van der Waals surface area contributed by atoms with Crippen LogP contribution in [0.3, 0.4) is 0 Å². The Balaban J connectivity index is 3.74. The van der Waals surface area contributed by atoms with Crippen LogP contribution in [-0.2, 0) is 22.8 Å². The van der Waals surface area contributed by atoms with Gasteiger partial charge in [0.05, 0.1) is 6.61 Å². The summed E-state index contributed by atoms with van der Waals surface area (Å²) in [4.78, 5) is 11.8. The SMILES string of the molecule is CCCCCCCCCCCC(=O)OCCC[Si](OCC)(OCC)OCC. The normalized spacial score (nSPS) is 11.7. The van der Waals surface area contributed by atoms with Crippen LogP contribution in [0, 0.1) is 0 Å². The first-order chi connectivity index (χ1) is 13.1.